The molecule has 0 spiro atoms. The zero-order chi connectivity index (χ0) is 44.1. The standard InChI is InChI=1S/C56H38N8O2.2Pt/c1-59-27-29-61(37-59)43-15-9-17-45(33-43)65-47-19-21-49-51(35-47)63(53-31-41(23-25-57-53)39-11-5-3-6-12-39)56-50-22-20-48(66-46-18-10-16-44(34-46)62-30-28-60(2)38-62)36-52(50)64(55(49)56)54-32-42(24-26-58-54)40-13-7-4-8-14-40;;/h3-32,37-38H,1-2H3;;/q-6;;. The van der Waals surface area contributed by atoms with Crippen molar-refractivity contribution >= 4 is 44.2 Å². The summed E-state index contributed by atoms with van der Waals surface area (Å²) in [5.41, 5.74) is 9.32. The van der Waals surface area contributed by atoms with Gasteiger partial charge in [0.15, 0.2) is 0 Å². The molecule has 0 fully saturated rings. The van der Waals surface area contributed by atoms with Crippen molar-refractivity contribution in [2.24, 2.45) is 0 Å². The van der Waals surface area contributed by atoms with Gasteiger partial charge in [-0.1, -0.05) is 82.5 Å². The number of ether oxygens (including phenoxy) is 2. The Balaban J connectivity index is 0.00000269. The number of hydrogen-bond donors (Lipinski definition) is 0. The Bertz CT molecular complexity index is 3290. The zero-order valence-corrected chi connectivity index (χ0v) is 41.0. The summed E-state index contributed by atoms with van der Waals surface area (Å²) in [7, 11) is 3.98. The number of benzene rings is 6. The van der Waals surface area contributed by atoms with Gasteiger partial charge in [-0.3, -0.25) is 0 Å². The van der Waals surface area contributed by atoms with Crippen LogP contribution in [0, 0.1) is 37.6 Å². The van der Waals surface area contributed by atoms with Crippen LogP contribution in [0.2, 0.25) is 0 Å². The quantitative estimate of drug-likeness (QED) is 0.126. The number of anilines is 2. The van der Waals surface area contributed by atoms with Gasteiger partial charge in [0.1, 0.15) is 11.6 Å². The van der Waals surface area contributed by atoms with Gasteiger partial charge in [0, 0.05) is 88.6 Å². The zero-order valence-electron chi connectivity index (χ0n) is 36.5. The molecular formula is C56H38N8O2Pt2-6. The fourth-order valence-corrected chi connectivity index (χ4v) is 8.59. The van der Waals surface area contributed by atoms with Crippen LogP contribution in [0.25, 0.3) is 66.7 Å². The number of fused-ring (bicyclic) bond motifs is 5. The van der Waals surface area contributed by atoms with E-state index in [-0.39, 0.29) is 42.1 Å². The minimum atomic E-state index is 0. The van der Waals surface area contributed by atoms with Gasteiger partial charge in [0.05, 0.1) is 0 Å². The Morgan fingerprint density at radius 1 is 0.426 bits per heavy atom. The molecule has 0 N–H and O–H groups in total. The first kappa shape index (κ1) is 44.5. The summed E-state index contributed by atoms with van der Waals surface area (Å²) < 4.78 is 17.5. The number of rotatable bonds is 10. The van der Waals surface area contributed by atoms with Crippen molar-refractivity contribution in [1.29, 1.82) is 0 Å². The molecule has 10 aromatic rings. The van der Waals surface area contributed by atoms with Gasteiger partial charge in [0.25, 0.3) is 0 Å². The van der Waals surface area contributed by atoms with E-state index >= 15 is 0 Å². The molecule has 340 valence electrons. The number of nitrogens with zero attached hydrogens (tertiary/aromatic N) is 8. The van der Waals surface area contributed by atoms with E-state index in [2.05, 4.69) is 81.9 Å². The van der Waals surface area contributed by atoms with Crippen LogP contribution in [0.3, 0.4) is 0 Å². The molecule has 0 aliphatic carbocycles. The van der Waals surface area contributed by atoms with Gasteiger partial charge < -0.3 is 38.2 Å². The summed E-state index contributed by atoms with van der Waals surface area (Å²) in [6.45, 7) is 3.97. The van der Waals surface area contributed by atoms with Gasteiger partial charge in [-0.2, -0.15) is 37.6 Å². The second-order valence-electron chi connectivity index (χ2n) is 16.1. The molecule has 4 aromatic heterocycles. The third-order valence-corrected chi connectivity index (χ3v) is 11.6. The van der Waals surface area contributed by atoms with Crippen molar-refractivity contribution in [3.05, 3.63) is 220 Å². The third-order valence-electron chi connectivity index (χ3n) is 11.6. The smallest absolute Gasteiger partial charge is 0.135 e. The van der Waals surface area contributed by atoms with E-state index in [1.165, 1.54) is 0 Å². The van der Waals surface area contributed by atoms with Crippen molar-refractivity contribution in [3.63, 3.8) is 0 Å². The maximum absolute atomic E-state index is 6.58. The van der Waals surface area contributed by atoms with Crippen LogP contribution in [0.1, 0.15) is 0 Å². The average molecular weight is 1250 g/mol. The van der Waals surface area contributed by atoms with E-state index in [4.69, 9.17) is 19.4 Å². The molecule has 68 heavy (non-hydrogen) atoms. The molecule has 12 heteroatoms. The normalized spacial score (nSPS) is 13.1. The molecule has 0 saturated heterocycles. The molecule has 0 amide bonds. The Morgan fingerprint density at radius 2 is 0.853 bits per heavy atom. The topological polar surface area (TPSA) is 67.1 Å². The van der Waals surface area contributed by atoms with E-state index in [0.29, 0.717) is 34.6 Å². The maximum atomic E-state index is 6.58. The molecule has 2 aliphatic heterocycles. The van der Waals surface area contributed by atoms with Gasteiger partial charge in [-0.15, -0.1) is 72.0 Å². The summed E-state index contributed by atoms with van der Waals surface area (Å²) in [4.78, 5) is 18.1. The Hall–Kier alpha value is -7.38. The molecule has 6 heterocycles. The van der Waals surface area contributed by atoms with Crippen molar-refractivity contribution in [1.82, 2.24) is 28.9 Å². The van der Waals surface area contributed by atoms with Crippen molar-refractivity contribution in [2.75, 3.05) is 23.9 Å². The van der Waals surface area contributed by atoms with Crippen LogP contribution in [0.4, 0.5) is 11.4 Å². The van der Waals surface area contributed by atoms with Gasteiger partial charge >= 0.3 is 0 Å². The van der Waals surface area contributed by atoms with E-state index in [9.17, 15) is 0 Å². The van der Waals surface area contributed by atoms with Crippen LogP contribution in [-0.2, 0) is 42.1 Å². The second-order valence-corrected chi connectivity index (χ2v) is 16.1. The predicted octanol–water partition coefficient (Wildman–Crippen LogP) is 12.3. The summed E-state index contributed by atoms with van der Waals surface area (Å²) in [6, 6.07) is 63.0. The van der Waals surface area contributed by atoms with Crippen molar-refractivity contribution in [2.45, 2.75) is 0 Å². The molecular weight excluding hydrogens is 1210 g/mol. The molecule has 0 saturated carbocycles. The van der Waals surface area contributed by atoms with Gasteiger partial charge in [-0.05, 0) is 85.4 Å². The molecule has 12 rings (SSSR count). The van der Waals surface area contributed by atoms with E-state index in [1.54, 1.807) is 0 Å². The van der Waals surface area contributed by atoms with Crippen molar-refractivity contribution < 1.29 is 51.6 Å². The first-order valence-corrected chi connectivity index (χ1v) is 21.5. The average Bonchev–Trinajstić information content (AvgIpc) is 4.15. The SMILES string of the molecule is CN1C=CN(c2[c-]c(Oc3[c-]c4c(cc3)c3c(c5ccc(Oc6[c-]c(N7C=CN(C)[CH-]7)ccc6)[c-]c5n3-c3cc(-c5ccccc5)ccn3)n4-c3cc(-c4ccccc4)ccn3)ccc2)[CH-]1.[Pt].[Pt]. The molecule has 0 bridgehead atoms. The molecule has 6 aromatic carbocycles. The number of aromatic nitrogens is 4. The minimum Gasteiger partial charge on any atom is -0.510 e. The van der Waals surface area contributed by atoms with Crippen LogP contribution >= 0.6 is 0 Å². The third kappa shape index (κ3) is 8.35. The first-order valence-electron chi connectivity index (χ1n) is 21.5. The Kier molecular flexibility index (Phi) is 12.2. The predicted molar refractivity (Wildman–Crippen MR) is 260 cm³/mol. The van der Waals surface area contributed by atoms with Crippen LogP contribution in [0.15, 0.2) is 183 Å². The minimum absolute atomic E-state index is 0. The summed E-state index contributed by atoms with van der Waals surface area (Å²) >= 11 is 0. The van der Waals surface area contributed by atoms with Gasteiger partial charge in [0.2, 0.25) is 0 Å². The largest absolute Gasteiger partial charge is 0.510 e. The van der Waals surface area contributed by atoms with E-state index < -0.39 is 0 Å². The molecule has 0 radical (unpaired) electrons. The molecule has 0 unspecified atom stereocenters. The summed E-state index contributed by atoms with van der Waals surface area (Å²) in [6.07, 6.45) is 11.7. The van der Waals surface area contributed by atoms with Gasteiger partial charge in [-0.25, -0.2) is 9.97 Å². The monoisotopic (exact) mass is 1240 g/mol. The first-order chi connectivity index (χ1) is 32.5. The summed E-state index contributed by atoms with van der Waals surface area (Å²) in [5, 5.41) is 1.84. The second kappa shape index (κ2) is 18.7. The van der Waals surface area contributed by atoms with E-state index in [0.717, 1.165) is 66.5 Å². The summed E-state index contributed by atoms with van der Waals surface area (Å²) in [5.74, 6) is 3.63. The van der Waals surface area contributed by atoms with Crippen LogP contribution < -0.4 is 19.3 Å². The van der Waals surface area contributed by atoms with E-state index in [1.807, 2.05) is 181 Å². The maximum Gasteiger partial charge on any atom is 0.135 e. The fourth-order valence-electron chi connectivity index (χ4n) is 8.59. The molecule has 10 nitrogen and oxygen atoms in total. The van der Waals surface area contributed by atoms with Crippen molar-refractivity contribution in [3.8, 4) is 56.9 Å². The number of pyridine rings is 2. The Morgan fingerprint density at radius 3 is 1.26 bits per heavy atom. The van der Waals surface area contributed by atoms with Crippen LogP contribution in [-0.4, -0.2) is 43.0 Å². The fraction of sp³-hybridized carbons (Fsp3) is 0.0357. The molecule has 0 atom stereocenters. The molecule has 2 aliphatic rings. The van der Waals surface area contributed by atoms with Crippen LogP contribution in [0.5, 0.6) is 23.0 Å². The number of hydrogen-bond acceptors (Lipinski definition) is 8. The Labute approximate surface area is 423 Å².